The number of aromatic amines is 1. The first-order chi connectivity index (χ1) is 14.0. The smallest absolute Gasteiger partial charge is 0.280 e. The van der Waals surface area contributed by atoms with Gasteiger partial charge in [-0.2, -0.15) is 5.10 Å². The minimum Gasteiger partial charge on any atom is -0.506 e. The van der Waals surface area contributed by atoms with Gasteiger partial charge in [0, 0.05) is 17.0 Å². The molecule has 1 amide bonds. The Morgan fingerprint density at radius 1 is 1.07 bits per heavy atom. The van der Waals surface area contributed by atoms with Gasteiger partial charge < -0.3 is 24.3 Å². The van der Waals surface area contributed by atoms with Gasteiger partial charge in [0.05, 0.1) is 33.1 Å². The molecule has 0 bridgehead atoms. The van der Waals surface area contributed by atoms with Gasteiger partial charge in [-0.3, -0.25) is 9.59 Å². The first kappa shape index (κ1) is 19.7. The second kappa shape index (κ2) is 8.34. The normalized spacial score (nSPS) is 10.9. The Balaban J connectivity index is 1.89. The number of aromatic hydroxyl groups is 1. The zero-order valence-electron chi connectivity index (χ0n) is 16.0. The van der Waals surface area contributed by atoms with E-state index in [1.807, 2.05) is 0 Å². The SMILES string of the molecule is COc1cc(OC)c(OC)cc1/C=N/NC(=O)c1c(O)c2ccccc2[nH]c1=O. The minimum atomic E-state index is -0.856. The number of carbonyl (C=O) groups excluding carboxylic acids is 1. The van der Waals surface area contributed by atoms with Crippen LogP contribution >= 0.6 is 0 Å². The molecule has 0 atom stereocenters. The van der Waals surface area contributed by atoms with Gasteiger partial charge in [0.1, 0.15) is 17.1 Å². The van der Waals surface area contributed by atoms with Crippen LogP contribution in [-0.2, 0) is 0 Å². The van der Waals surface area contributed by atoms with Gasteiger partial charge in [-0.05, 0) is 18.2 Å². The van der Waals surface area contributed by atoms with Crippen molar-refractivity contribution in [2.75, 3.05) is 21.3 Å². The highest BCUT2D eigenvalue weighted by atomic mass is 16.5. The molecule has 29 heavy (non-hydrogen) atoms. The van der Waals surface area contributed by atoms with Crippen LogP contribution in [0.15, 0.2) is 46.3 Å². The minimum absolute atomic E-state index is 0.350. The number of aromatic nitrogens is 1. The number of methoxy groups -OCH3 is 3. The van der Waals surface area contributed by atoms with E-state index in [1.54, 1.807) is 36.4 Å². The van der Waals surface area contributed by atoms with Crippen molar-refractivity contribution in [3.05, 3.63) is 57.9 Å². The lowest BCUT2D eigenvalue weighted by Crippen LogP contribution is -2.26. The zero-order valence-corrected chi connectivity index (χ0v) is 16.0. The van der Waals surface area contributed by atoms with E-state index in [1.165, 1.54) is 27.5 Å². The number of ether oxygens (including phenoxy) is 3. The van der Waals surface area contributed by atoms with E-state index in [0.29, 0.717) is 33.7 Å². The van der Waals surface area contributed by atoms with Crippen molar-refractivity contribution in [3.8, 4) is 23.0 Å². The summed E-state index contributed by atoms with van der Waals surface area (Å²) < 4.78 is 15.7. The Hall–Kier alpha value is -4.01. The highest BCUT2D eigenvalue weighted by molar-refractivity contribution is 6.02. The summed E-state index contributed by atoms with van der Waals surface area (Å²) in [5.74, 6) is 0.0841. The van der Waals surface area contributed by atoms with E-state index >= 15 is 0 Å². The number of carbonyl (C=O) groups is 1. The third-order valence-electron chi connectivity index (χ3n) is 4.23. The molecule has 0 fully saturated rings. The summed E-state index contributed by atoms with van der Waals surface area (Å²) in [7, 11) is 4.46. The molecule has 2 aromatic carbocycles. The van der Waals surface area contributed by atoms with Crippen LogP contribution in [-0.4, -0.2) is 43.5 Å². The summed E-state index contributed by atoms with van der Waals surface area (Å²) in [5, 5.41) is 14.5. The van der Waals surface area contributed by atoms with Crippen LogP contribution in [0.3, 0.4) is 0 Å². The van der Waals surface area contributed by atoms with Gasteiger partial charge in [0.25, 0.3) is 11.5 Å². The molecule has 9 heteroatoms. The first-order valence-corrected chi connectivity index (χ1v) is 8.47. The average molecular weight is 397 g/mol. The highest BCUT2D eigenvalue weighted by Crippen LogP contribution is 2.33. The number of hydrazone groups is 1. The van der Waals surface area contributed by atoms with Crippen LogP contribution in [0.4, 0.5) is 0 Å². The maximum atomic E-state index is 12.4. The van der Waals surface area contributed by atoms with Crippen molar-refractivity contribution in [2.24, 2.45) is 5.10 Å². The van der Waals surface area contributed by atoms with Crippen molar-refractivity contribution in [3.63, 3.8) is 0 Å². The molecule has 1 heterocycles. The van der Waals surface area contributed by atoms with E-state index in [2.05, 4.69) is 15.5 Å². The van der Waals surface area contributed by atoms with Crippen LogP contribution in [0.5, 0.6) is 23.0 Å². The fourth-order valence-corrected chi connectivity index (χ4v) is 2.81. The molecule has 0 saturated heterocycles. The molecule has 150 valence electrons. The number of rotatable bonds is 6. The van der Waals surface area contributed by atoms with E-state index in [-0.39, 0.29) is 0 Å². The number of nitrogens with one attached hydrogen (secondary N) is 2. The average Bonchev–Trinajstić information content (AvgIpc) is 2.73. The van der Waals surface area contributed by atoms with E-state index in [0.717, 1.165) is 0 Å². The Morgan fingerprint density at radius 2 is 1.72 bits per heavy atom. The highest BCUT2D eigenvalue weighted by Gasteiger charge is 2.18. The molecule has 0 aliphatic carbocycles. The molecule has 3 N–H and O–H groups in total. The number of nitrogens with zero attached hydrogens (tertiary/aromatic N) is 1. The molecule has 0 radical (unpaired) electrons. The maximum absolute atomic E-state index is 12.4. The van der Waals surface area contributed by atoms with Crippen LogP contribution < -0.4 is 25.2 Å². The largest absolute Gasteiger partial charge is 0.506 e. The quantitative estimate of drug-likeness (QED) is 0.432. The van der Waals surface area contributed by atoms with Gasteiger partial charge in [0.2, 0.25) is 0 Å². The Morgan fingerprint density at radius 3 is 2.41 bits per heavy atom. The van der Waals surface area contributed by atoms with Gasteiger partial charge in [0.15, 0.2) is 11.5 Å². The predicted octanol–water partition coefficient (Wildman–Crippen LogP) is 2.02. The maximum Gasteiger partial charge on any atom is 0.280 e. The van der Waals surface area contributed by atoms with Crippen LogP contribution in [0.1, 0.15) is 15.9 Å². The number of benzene rings is 2. The van der Waals surface area contributed by atoms with Gasteiger partial charge >= 0.3 is 0 Å². The van der Waals surface area contributed by atoms with Crippen molar-refractivity contribution in [1.82, 2.24) is 10.4 Å². The summed E-state index contributed by atoms with van der Waals surface area (Å²) >= 11 is 0. The predicted molar refractivity (Wildman–Crippen MR) is 107 cm³/mol. The molecule has 0 saturated carbocycles. The lowest BCUT2D eigenvalue weighted by atomic mass is 10.1. The third-order valence-corrected chi connectivity index (χ3v) is 4.23. The van der Waals surface area contributed by atoms with Crippen LogP contribution in [0.2, 0.25) is 0 Å². The Bertz CT molecular complexity index is 1150. The fourth-order valence-electron chi connectivity index (χ4n) is 2.81. The van der Waals surface area contributed by atoms with Crippen molar-refractivity contribution < 1.29 is 24.1 Å². The molecule has 9 nitrogen and oxygen atoms in total. The van der Waals surface area contributed by atoms with E-state index in [9.17, 15) is 14.7 Å². The number of para-hydroxylation sites is 1. The molecule has 0 unspecified atom stereocenters. The first-order valence-electron chi connectivity index (χ1n) is 8.47. The molecule has 3 rings (SSSR count). The monoisotopic (exact) mass is 397 g/mol. The number of hydrogen-bond donors (Lipinski definition) is 3. The molecular weight excluding hydrogens is 378 g/mol. The third kappa shape index (κ3) is 3.84. The lowest BCUT2D eigenvalue weighted by molar-refractivity contribution is 0.0951. The van der Waals surface area contributed by atoms with Crippen LogP contribution in [0, 0.1) is 0 Å². The second-order valence-corrected chi connectivity index (χ2v) is 5.87. The lowest BCUT2D eigenvalue weighted by Gasteiger charge is -2.11. The summed E-state index contributed by atoms with van der Waals surface area (Å²) in [6, 6.07) is 9.84. The van der Waals surface area contributed by atoms with E-state index < -0.39 is 22.8 Å². The van der Waals surface area contributed by atoms with Crippen molar-refractivity contribution in [1.29, 1.82) is 0 Å². The topological polar surface area (TPSA) is 122 Å². The van der Waals surface area contributed by atoms with Gasteiger partial charge in [-0.1, -0.05) is 12.1 Å². The number of fused-ring (bicyclic) bond motifs is 1. The fraction of sp³-hybridized carbons (Fsp3) is 0.150. The number of H-pyrrole nitrogens is 1. The summed E-state index contributed by atoms with van der Waals surface area (Å²) in [5.41, 5.74) is 2.00. The van der Waals surface area contributed by atoms with Gasteiger partial charge in [-0.15, -0.1) is 0 Å². The molecule has 3 aromatic rings. The van der Waals surface area contributed by atoms with Crippen molar-refractivity contribution >= 4 is 23.0 Å². The summed E-state index contributed by atoms with van der Waals surface area (Å²) in [6.45, 7) is 0. The second-order valence-electron chi connectivity index (χ2n) is 5.87. The number of hydrogen-bond acceptors (Lipinski definition) is 7. The Labute approximate surface area is 165 Å². The van der Waals surface area contributed by atoms with Crippen molar-refractivity contribution in [2.45, 2.75) is 0 Å². The molecule has 0 spiro atoms. The summed E-state index contributed by atoms with van der Waals surface area (Å²) in [6.07, 6.45) is 1.32. The van der Waals surface area contributed by atoms with Gasteiger partial charge in [-0.25, -0.2) is 5.43 Å². The zero-order chi connectivity index (χ0) is 21.0. The standard InChI is InChI=1S/C20H19N3O6/c1-27-14-9-16(29-3)15(28-2)8-11(14)10-21-23-20(26)17-18(24)12-6-4-5-7-13(12)22-19(17)25/h4-10H,1-3H3,(H,23,26)(H2,22,24,25)/b21-10+. The number of amides is 1. The van der Waals surface area contributed by atoms with E-state index in [4.69, 9.17) is 14.2 Å². The number of pyridine rings is 1. The molecule has 0 aliphatic heterocycles. The van der Waals surface area contributed by atoms with Crippen LogP contribution in [0.25, 0.3) is 10.9 Å². The molecule has 0 aliphatic rings. The molecular formula is C20H19N3O6. The Kier molecular flexibility index (Phi) is 5.68. The summed E-state index contributed by atoms with van der Waals surface area (Å²) in [4.78, 5) is 27.2. The molecule has 1 aromatic heterocycles.